The van der Waals surface area contributed by atoms with Crippen molar-refractivity contribution in [2.24, 2.45) is 0 Å². The molecule has 1 aliphatic heterocycles. The van der Waals surface area contributed by atoms with E-state index in [1.807, 2.05) is 0 Å². The molecule has 0 bridgehead atoms. The second-order valence-electron chi connectivity index (χ2n) is 6.09. The zero-order valence-electron chi connectivity index (χ0n) is 14.9. The van der Waals surface area contributed by atoms with Gasteiger partial charge in [-0.25, -0.2) is 0 Å². The first-order valence-electron chi connectivity index (χ1n) is 7.84. The highest BCUT2D eigenvalue weighted by atomic mass is 31.2. The molecule has 1 heterocycles. The Hall–Kier alpha value is -0.840. The summed E-state index contributed by atoms with van der Waals surface area (Å²) in [4.78, 5) is 18.2. The second kappa shape index (κ2) is 9.57. The van der Waals surface area contributed by atoms with Crippen LogP contribution in [0.25, 0.3) is 0 Å². The van der Waals surface area contributed by atoms with Crippen molar-refractivity contribution in [2.45, 2.75) is 42.2 Å². The van der Waals surface area contributed by atoms with Crippen LogP contribution in [-0.2, 0) is 9.30 Å². The SMILES string of the molecule is C1COCC[NH2+]1.O=P([O-])(O)CCC(F)(F)C(F)(F)C(F)(F)C(F)(F)C(F)(F)C(F)(F)F. The smallest absolute Gasteiger partial charge is 0.460 e. The van der Waals surface area contributed by atoms with Crippen molar-refractivity contribution >= 4 is 7.60 Å². The molecule has 0 spiro atoms. The van der Waals surface area contributed by atoms with Crippen LogP contribution >= 0.6 is 7.60 Å². The Morgan fingerprint density at radius 1 is 0.774 bits per heavy atom. The molecule has 0 aromatic rings. The third kappa shape index (κ3) is 6.58. The standard InChI is InChI=1S/C8H6F13O3P.C4H9NO/c9-3(10,1-2-25(22,23)24)4(11,12)5(13,14)6(15,16)7(17,18)8(19,20)21;1-3-6-4-2-5-1/h1-2H2,(H2,22,23,24);5H,1-4H2. The second-order valence-corrected chi connectivity index (χ2v) is 7.81. The number of hydrogen-bond donors (Lipinski definition) is 2. The fourth-order valence-electron chi connectivity index (χ4n) is 1.82. The molecule has 188 valence electrons. The molecule has 19 heteroatoms. The molecule has 0 radical (unpaired) electrons. The summed E-state index contributed by atoms with van der Waals surface area (Å²) < 4.78 is 179. The van der Waals surface area contributed by atoms with E-state index in [-0.39, 0.29) is 0 Å². The van der Waals surface area contributed by atoms with Crippen LogP contribution in [-0.4, -0.2) is 73.1 Å². The minimum atomic E-state index is -8.04. The van der Waals surface area contributed by atoms with Crippen molar-refractivity contribution in [3.63, 3.8) is 0 Å². The van der Waals surface area contributed by atoms with E-state index in [2.05, 4.69) is 5.32 Å². The highest BCUT2D eigenvalue weighted by Gasteiger charge is 2.90. The van der Waals surface area contributed by atoms with Crippen LogP contribution in [0.2, 0.25) is 0 Å². The molecule has 1 aliphatic rings. The van der Waals surface area contributed by atoms with E-state index >= 15 is 0 Å². The van der Waals surface area contributed by atoms with Gasteiger partial charge in [-0.15, -0.1) is 0 Å². The van der Waals surface area contributed by atoms with Gasteiger partial charge in [0.2, 0.25) is 0 Å². The minimum Gasteiger partial charge on any atom is -0.779 e. The maximum absolute atomic E-state index is 13.0. The van der Waals surface area contributed by atoms with Gasteiger partial charge in [-0.3, -0.25) is 0 Å². The number of ether oxygens (including phenoxy) is 1. The molecule has 3 N–H and O–H groups in total. The Labute approximate surface area is 165 Å². The Balaban J connectivity index is 0.00000127. The average Bonchev–Trinajstić information content (AvgIpc) is 2.60. The van der Waals surface area contributed by atoms with Crippen molar-refractivity contribution in [1.29, 1.82) is 0 Å². The number of nitrogens with two attached hydrogens (primary N) is 1. The Morgan fingerprint density at radius 3 is 1.42 bits per heavy atom. The predicted molar refractivity (Wildman–Crippen MR) is 72.6 cm³/mol. The van der Waals surface area contributed by atoms with E-state index in [0.717, 1.165) is 26.3 Å². The van der Waals surface area contributed by atoms with Crippen LogP contribution in [0.15, 0.2) is 0 Å². The molecule has 1 atom stereocenters. The van der Waals surface area contributed by atoms with Gasteiger partial charge >= 0.3 is 35.8 Å². The highest BCUT2D eigenvalue weighted by molar-refractivity contribution is 7.50. The number of quaternary nitrogens is 1. The summed E-state index contributed by atoms with van der Waals surface area (Å²) in [7, 11) is -5.81. The summed E-state index contributed by atoms with van der Waals surface area (Å²) >= 11 is 0. The van der Waals surface area contributed by atoms with Crippen LogP contribution in [0, 0.1) is 0 Å². The van der Waals surface area contributed by atoms with Gasteiger partial charge in [0, 0.05) is 12.6 Å². The normalized spacial score (nSPS) is 19.3. The van der Waals surface area contributed by atoms with E-state index < -0.39 is 56.0 Å². The van der Waals surface area contributed by atoms with Crippen LogP contribution in [0.1, 0.15) is 6.42 Å². The van der Waals surface area contributed by atoms with Gasteiger partial charge < -0.3 is 24.4 Å². The van der Waals surface area contributed by atoms with Gasteiger partial charge in [-0.05, 0) is 0 Å². The molecule has 0 amide bonds. The van der Waals surface area contributed by atoms with Crippen molar-refractivity contribution in [3.05, 3.63) is 0 Å². The summed E-state index contributed by atoms with van der Waals surface area (Å²) in [6.07, 6.45) is -12.9. The monoisotopic (exact) mass is 515 g/mol. The van der Waals surface area contributed by atoms with Gasteiger partial charge in [-0.2, -0.15) is 57.1 Å². The lowest BCUT2D eigenvalue weighted by Gasteiger charge is -2.40. The van der Waals surface area contributed by atoms with E-state index in [9.17, 15) is 66.5 Å². The molecule has 1 saturated heterocycles. The maximum atomic E-state index is 13.0. The molecule has 0 aromatic carbocycles. The zero-order valence-corrected chi connectivity index (χ0v) is 15.7. The summed E-state index contributed by atoms with van der Waals surface area (Å²) in [5, 5.41) is 2.27. The predicted octanol–water partition coefficient (Wildman–Crippen LogP) is 2.24. The number of halogens is 13. The van der Waals surface area contributed by atoms with Gasteiger partial charge in [0.1, 0.15) is 7.60 Å². The van der Waals surface area contributed by atoms with Gasteiger partial charge in [0.05, 0.1) is 26.3 Å². The molecule has 31 heavy (non-hydrogen) atoms. The van der Waals surface area contributed by atoms with Crippen LogP contribution in [0.5, 0.6) is 0 Å². The largest absolute Gasteiger partial charge is 0.779 e. The average molecular weight is 515 g/mol. The van der Waals surface area contributed by atoms with E-state index in [4.69, 9.17) is 9.63 Å². The molecular weight excluding hydrogens is 500 g/mol. The van der Waals surface area contributed by atoms with E-state index in [1.54, 1.807) is 0 Å². The van der Waals surface area contributed by atoms with Crippen LogP contribution in [0.4, 0.5) is 57.1 Å². The van der Waals surface area contributed by atoms with Crippen LogP contribution < -0.4 is 10.2 Å². The molecule has 0 aromatic heterocycles. The fourth-order valence-corrected chi connectivity index (χ4v) is 2.38. The van der Waals surface area contributed by atoms with E-state index in [1.165, 1.54) is 0 Å². The number of alkyl halides is 13. The topological polar surface area (TPSA) is 86.2 Å². The van der Waals surface area contributed by atoms with Gasteiger partial charge in [0.25, 0.3) is 0 Å². The van der Waals surface area contributed by atoms with Crippen molar-refractivity contribution in [1.82, 2.24) is 0 Å². The summed E-state index contributed by atoms with van der Waals surface area (Å²) in [6, 6.07) is 0. The third-order valence-electron chi connectivity index (χ3n) is 3.64. The number of morpholine rings is 1. The van der Waals surface area contributed by atoms with Crippen molar-refractivity contribution in [3.8, 4) is 0 Å². The number of hydrogen-bond acceptors (Lipinski definition) is 3. The first-order valence-corrected chi connectivity index (χ1v) is 9.60. The minimum absolute atomic E-state index is 0.944. The molecule has 5 nitrogen and oxygen atoms in total. The molecule has 1 unspecified atom stereocenters. The Kier molecular flexibility index (Phi) is 9.31. The summed E-state index contributed by atoms with van der Waals surface area (Å²) in [6.45, 7) is 4.19. The molecular formula is C12H15F13NO4P. The zero-order chi connectivity index (χ0) is 25.2. The first kappa shape index (κ1) is 30.2. The van der Waals surface area contributed by atoms with E-state index in [0.29, 0.717) is 0 Å². The Morgan fingerprint density at radius 2 is 1.16 bits per heavy atom. The van der Waals surface area contributed by atoms with Gasteiger partial charge in [-0.1, -0.05) is 0 Å². The fraction of sp³-hybridized carbons (Fsp3) is 1.00. The number of rotatable bonds is 7. The van der Waals surface area contributed by atoms with Crippen LogP contribution in [0.3, 0.4) is 0 Å². The van der Waals surface area contributed by atoms with Crippen molar-refractivity contribution < 1.29 is 81.5 Å². The lowest BCUT2D eigenvalue weighted by Crippen LogP contribution is -2.87. The maximum Gasteiger partial charge on any atom is 0.460 e. The molecule has 1 fully saturated rings. The molecule has 0 aliphatic carbocycles. The summed E-state index contributed by atoms with van der Waals surface area (Å²) in [5.74, 6) is -37.9. The first-order chi connectivity index (χ1) is 13.5. The highest BCUT2D eigenvalue weighted by Crippen LogP contribution is 2.61. The third-order valence-corrected chi connectivity index (χ3v) is 4.43. The lowest BCUT2D eigenvalue weighted by molar-refractivity contribution is -0.670. The molecule has 1 rings (SSSR count). The van der Waals surface area contributed by atoms with Crippen molar-refractivity contribution in [2.75, 3.05) is 32.5 Å². The van der Waals surface area contributed by atoms with Gasteiger partial charge in [0.15, 0.2) is 0 Å². The molecule has 0 saturated carbocycles. The Bertz CT molecular complexity index is 619. The summed E-state index contributed by atoms with van der Waals surface area (Å²) in [5.41, 5.74) is 0. The quantitative estimate of drug-likeness (QED) is 0.403. The lowest BCUT2D eigenvalue weighted by atomic mass is 9.93.